The lowest BCUT2D eigenvalue weighted by Crippen LogP contribution is -2.99. The number of carboxylic acid groups (broad SMARTS) is 2. The molecule has 0 aliphatic rings. The fourth-order valence-corrected chi connectivity index (χ4v) is 1.35. The lowest BCUT2D eigenvalue weighted by Gasteiger charge is -2.21. The SMILES string of the molecule is CN(C)CCO/N=C(\C(=O)[NH2+]C(C)(C)C)C(C)(C)C.O=C([O-])C(=O)O. The molecule has 0 aliphatic carbocycles. The summed E-state index contributed by atoms with van der Waals surface area (Å²) in [5, 5.41) is 22.1. The van der Waals surface area contributed by atoms with Gasteiger partial charge >= 0.3 is 11.9 Å². The summed E-state index contributed by atoms with van der Waals surface area (Å²) in [6.45, 7) is 13.2. The molecule has 0 aromatic carbocycles. The minimum absolute atomic E-state index is 0.0511. The molecule has 1 amide bonds. The number of carbonyl (C=O) groups excluding carboxylic acids is 2. The summed E-state index contributed by atoms with van der Waals surface area (Å²) in [7, 11) is 3.94. The minimum atomic E-state index is -2.07. The van der Waals surface area contributed by atoms with Gasteiger partial charge in [0, 0.05) is 12.0 Å². The van der Waals surface area contributed by atoms with Crippen LogP contribution >= 0.6 is 0 Å². The normalized spacial score (nSPS) is 12.3. The van der Waals surface area contributed by atoms with Crippen molar-refractivity contribution in [2.45, 2.75) is 47.1 Å². The molecule has 0 heterocycles. The van der Waals surface area contributed by atoms with Gasteiger partial charge in [-0.2, -0.15) is 0 Å². The van der Waals surface area contributed by atoms with Gasteiger partial charge in [0.25, 0.3) is 0 Å². The zero-order valence-corrected chi connectivity index (χ0v) is 16.4. The molecule has 0 fully saturated rings. The van der Waals surface area contributed by atoms with Crippen molar-refractivity contribution in [2.24, 2.45) is 10.6 Å². The van der Waals surface area contributed by atoms with Gasteiger partial charge in [-0.05, 0) is 34.9 Å². The van der Waals surface area contributed by atoms with Crippen LogP contribution in [0.1, 0.15) is 41.5 Å². The van der Waals surface area contributed by atoms with E-state index in [1.807, 2.05) is 60.5 Å². The Morgan fingerprint density at radius 2 is 1.56 bits per heavy atom. The Morgan fingerprint density at radius 1 is 1.12 bits per heavy atom. The summed E-state index contributed by atoms with van der Waals surface area (Å²) in [6.07, 6.45) is 0. The molecule has 0 saturated carbocycles. The van der Waals surface area contributed by atoms with Crippen LogP contribution in [0.3, 0.4) is 0 Å². The topological polar surface area (TPSA) is 136 Å². The molecule has 25 heavy (non-hydrogen) atoms. The fraction of sp³-hybridized carbons (Fsp3) is 0.750. The number of hydrogen-bond donors (Lipinski definition) is 2. The monoisotopic (exact) mass is 361 g/mol. The summed E-state index contributed by atoms with van der Waals surface area (Å²) in [4.78, 5) is 37.6. The summed E-state index contributed by atoms with van der Waals surface area (Å²) in [6, 6.07) is 0. The van der Waals surface area contributed by atoms with Gasteiger partial charge in [-0.1, -0.05) is 25.9 Å². The second-order valence-electron chi connectivity index (χ2n) is 7.79. The Morgan fingerprint density at radius 3 is 1.84 bits per heavy atom. The molecule has 0 aromatic rings. The van der Waals surface area contributed by atoms with Crippen molar-refractivity contribution < 1.29 is 34.8 Å². The number of aliphatic carboxylic acids is 2. The predicted octanol–water partition coefficient (Wildman–Crippen LogP) is -1.32. The van der Waals surface area contributed by atoms with Crippen molar-refractivity contribution in [2.75, 3.05) is 27.2 Å². The Labute approximate surface area is 149 Å². The van der Waals surface area contributed by atoms with Crippen LogP contribution in [0.15, 0.2) is 5.16 Å². The lowest BCUT2D eigenvalue weighted by molar-refractivity contribution is -0.630. The molecule has 0 atom stereocenters. The number of nitrogens with zero attached hydrogens (tertiary/aromatic N) is 2. The number of rotatable bonds is 5. The Kier molecular flexibility index (Phi) is 10.9. The van der Waals surface area contributed by atoms with Crippen LogP contribution in [0.2, 0.25) is 0 Å². The molecule has 0 aliphatic heterocycles. The summed E-state index contributed by atoms with van der Waals surface area (Å²) >= 11 is 0. The number of carboxylic acids is 2. The summed E-state index contributed by atoms with van der Waals surface area (Å²) in [5.74, 6) is -4.06. The number of oxime groups is 1. The molecule has 9 heteroatoms. The van der Waals surface area contributed by atoms with Gasteiger partial charge in [0.1, 0.15) is 6.61 Å². The van der Waals surface area contributed by atoms with Crippen LogP contribution in [-0.2, 0) is 19.2 Å². The molecular weight excluding hydrogens is 330 g/mol. The molecule has 0 aromatic heterocycles. The van der Waals surface area contributed by atoms with Gasteiger partial charge in [-0.25, -0.2) is 9.59 Å². The summed E-state index contributed by atoms with van der Waals surface area (Å²) < 4.78 is 0. The third-order valence-electron chi connectivity index (χ3n) is 2.47. The number of nitrogens with two attached hydrogens (primary N) is 1. The number of quaternary nitrogens is 1. The molecule has 0 spiro atoms. The van der Waals surface area contributed by atoms with Gasteiger partial charge in [-0.3, -0.25) is 5.32 Å². The highest BCUT2D eigenvalue weighted by atomic mass is 16.6. The maximum atomic E-state index is 12.3. The van der Waals surface area contributed by atoms with Crippen molar-refractivity contribution in [1.29, 1.82) is 0 Å². The fourth-order valence-electron chi connectivity index (χ4n) is 1.35. The molecule has 0 saturated heterocycles. The first-order valence-electron chi connectivity index (χ1n) is 7.77. The molecule has 146 valence electrons. The first kappa shape index (κ1) is 25.2. The number of likely N-dealkylation sites (N-methyl/N-ethyl adjacent to an activating group) is 1. The maximum absolute atomic E-state index is 12.3. The van der Waals surface area contributed by atoms with Gasteiger partial charge in [-0.15, -0.1) is 0 Å². The summed E-state index contributed by atoms with van der Waals surface area (Å²) in [5.41, 5.74) is -0.00914. The van der Waals surface area contributed by atoms with E-state index in [-0.39, 0.29) is 16.9 Å². The van der Waals surface area contributed by atoms with Gasteiger partial charge in [0.05, 0.1) is 5.54 Å². The van der Waals surface area contributed by atoms with Gasteiger partial charge in [0.2, 0.25) is 0 Å². The molecule has 0 unspecified atom stereocenters. The van der Waals surface area contributed by atoms with E-state index in [1.54, 1.807) is 5.32 Å². The van der Waals surface area contributed by atoms with E-state index in [4.69, 9.17) is 24.6 Å². The number of hydrogen-bond acceptors (Lipinski definition) is 7. The average Bonchev–Trinajstić information content (AvgIpc) is 2.34. The molecular formula is C16H31N3O6. The van der Waals surface area contributed by atoms with Gasteiger partial charge in [0.15, 0.2) is 11.7 Å². The zero-order chi connectivity index (χ0) is 20.4. The third kappa shape index (κ3) is 15.3. The van der Waals surface area contributed by atoms with E-state index in [9.17, 15) is 4.79 Å². The van der Waals surface area contributed by atoms with Crippen LogP contribution in [0.4, 0.5) is 0 Å². The van der Waals surface area contributed by atoms with Crippen molar-refractivity contribution in [3.63, 3.8) is 0 Å². The van der Waals surface area contributed by atoms with E-state index in [0.717, 1.165) is 6.54 Å². The lowest BCUT2D eigenvalue weighted by atomic mass is 9.89. The highest BCUT2D eigenvalue weighted by Crippen LogP contribution is 2.16. The van der Waals surface area contributed by atoms with Crippen molar-refractivity contribution in [3.8, 4) is 0 Å². The standard InChI is InChI=1S/C14H29N3O2.C2H2O4/c1-13(2,3)11(12(18)15-14(4,5)6)16-19-10-9-17(7)8;3-1(4)2(5)6/h9-10H2,1-8H3,(H,15,18);(H,3,4)(H,5,6)/b16-11+;. The molecule has 0 rings (SSSR count). The van der Waals surface area contributed by atoms with Crippen molar-refractivity contribution in [3.05, 3.63) is 0 Å². The van der Waals surface area contributed by atoms with Crippen molar-refractivity contribution >= 4 is 23.6 Å². The van der Waals surface area contributed by atoms with E-state index < -0.39 is 11.9 Å². The molecule has 0 bridgehead atoms. The van der Waals surface area contributed by atoms with Crippen molar-refractivity contribution in [1.82, 2.24) is 4.90 Å². The van der Waals surface area contributed by atoms with E-state index in [0.29, 0.717) is 12.3 Å². The van der Waals surface area contributed by atoms with Gasteiger partial charge < -0.3 is 24.7 Å². The Hall–Kier alpha value is -2.00. The molecule has 3 N–H and O–H groups in total. The maximum Gasteiger partial charge on any atom is 0.361 e. The predicted molar refractivity (Wildman–Crippen MR) is 90.7 cm³/mol. The third-order valence-corrected chi connectivity index (χ3v) is 2.47. The average molecular weight is 361 g/mol. The quantitative estimate of drug-likeness (QED) is 0.268. The first-order chi connectivity index (χ1) is 11.1. The Bertz CT molecular complexity index is 475. The van der Waals surface area contributed by atoms with Crippen LogP contribution in [0, 0.1) is 5.41 Å². The van der Waals surface area contributed by atoms with E-state index in [2.05, 4.69) is 5.16 Å². The largest absolute Gasteiger partial charge is 0.539 e. The number of amides is 1. The number of primary amides is 1. The number of carbonyl (C=O) groups is 3. The smallest absolute Gasteiger partial charge is 0.361 e. The van der Waals surface area contributed by atoms with Crippen LogP contribution in [-0.4, -0.2) is 66.3 Å². The second kappa shape index (κ2) is 10.8. The minimum Gasteiger partial charge on any atom is -0.539 e. The highest BCUT2D eigenvalue weighted by Gasteiger charge is 2.33. The van der Waals surface area contributed by atoms with Crippen LogP contribution < -0.4 is 10.4 Å². The first-order valence-corrected chi connectivity index (χ1v) is 7.77. The van der Waals surface area contributed by atoms with Crippen LogP contribution in [0.25, 0.3) is 0 Å². The molecule has 9 nitrogen and oxygen atoms in total. The second-order valence-corrected chi connectivity index (χ2v) is 7.79. The zero-order valence-electron chi connectivity index (χ0n) is 16.4. The molecule has 0 radical (unpaired) electrons. The highest BCUT2D eigenvalue weighted by molar-refractivity contribution is 6.36. The van der Waals surface area contributed by atoms with E-state index >= 15 is 0 Å². The van der Waals surface area contributed by atoms with Crippen LogP contribution in [0.5, 0.6) is 0 Å². The Balaban J connectivity index is 0. The van der Waals surface area contributed by atoms with E-state index in [1.165, 1.54) is 0 Å².